The van der Waals surface area contributed by atoms with E-state index in [1.165, 1.54) is 31.8 Å². The summed E-state index contributed by atoms with van der Waals surface area (Å²) in [6.07, 6.45) is 0. The first-order valence-electron chi connectivity index (χ1n) is 15.5. The summed E-state index contributed by atoms with van der Waals surface area (Å²) in [7, 11) is -0.818. The third kappa shape index (κ3) is 16.3. The number of hydrogen-bond donors (Lipinski definition) is 0. The smallest absolute Gasteiger partial charge is 0.747 e. The van der Waals surface area contributed by atoms with Crippen molar-refractivity contribution in [3.8, 4) is 0 Å². The third-order valence-electron chi connectivity index (χ3n) is 6.98. The van der Waals surface area contributed by atoms with E-state index in [1.807, 2.05) is 60.7 Å². The van der Waals surface area contributed by atoms with Crippen molar-refractivity contribution in [3.05, 3.63) is 231 Å². The summed E-state index contributed by atoms with van der Waals surface area (Å²) in [5.41, 5.74) is 0. The van der Waals surface area contributed by atoms with E-state index in [1.54, 1.807) is 0 Å². The van der Waals surface area contributed by atoms with Crippen LogP contribution in [0.3, 0.4) is 0 Å². The molecule has 0 aliphatic heterocycles. The van der Waals surface area contributed by atoms with Gasteiger partial charge in [-0.05, 0) is 10.6 Å². The average Bonchev–Trinajstić information content (AvgIpc) is 3.98. The second kappa shape index (κ2) is 28.9. The molecule has 0 nitrogen and oxygen atoms in total. The first-order chi connectivity index (χ1) is 22.9. The van der Waals surface area contributed by atoms with Crippen LogP contribution < -0.4 is 31.8 Å². The van der Waals surface area contributed by atoms with Crippen molar-refractivity contribution < 1.29 is 54.6 Å². The van der Waals surface area contributed by atoms with Gasteiger partial charge in [-0.2, -0.15) is 48.5 Å². The van der Waals surface area contributed by atoms with Gasteiger partial charge in [-0.1, -0.05) is 140 Å². The van der Waals surface area contributed by atoms with E-state index in [2.05, 4.69) is 170 Å². The second-order valence-electron chi connectivity index (χ2n) is 10.2. The Morgan fingerprint density at radius 2 is 0.667 bits per heavy atom. The summed E-state index contributed by atoms with van der Waals surface area (Å²) < 4.78 is 0. The molecule has 0 N–H and O–H groups in total. The fourth-order valence-electron chi connectivity index (χ4n) is 4.87. The first-order valence-corrected chi connectivity index (χ1v) is 18.2. The van der Waals surface area contributed by atoms with Crippen LogP contribution in [0.1, 0.15) is 0 Å². The minimum atomic E-state index is -0.409. The minimum Gasteiger partial charge on any atom is -0.747 e. The van der Waals surface area contributed by atoms with Gasteiger partial charge >= 0.3 is 20.4 Å². The van der Waals surface area contributed by atoms with Crippen LogP contribution in [0.25, 0.3) is 0 Å². The minimum absolute atomic E-state index is 0. The van der Waals surface area contributed by atoms with E-state index in [4.69, 9.17) is 0 Å². The third-order valence-corrected chi connectivity index (χ3v) is 11.9. The summed E-state index contributed by atoms with van der Waals surface area (Å²) in [4.78, 5) is 0. The molecule has 0 spiro atoms. The summed E-state index contributed by atoms with van der Waals surface area (Å²) in [6, 6.07) is 80.5. The molecule has 0 saturated carbocycles. The molecule has 0 aliphatic carbocycles. The van der Waals surface area contributed by atoms with Crippen LogP contribution in [0.2, 0.25) is 0 Å². The van der Waals surface area contributed by atoms with E-state index in [9.17, 15) is 0 Å². The van der Waals surface area contributed by atoms with E-state index >= 15 is 0 Å². The van der Waals surface area contributed by atoms with Crippen molar-refractivity contribution in [2.75, 3.05) is 0 Å². The Bertz CT molecular complexity index is 1560. The number of rotatable bonds is 6. The van der Waals surface area contributed by atoms with Gasteiger partial charge in [0.2, 0.25) is 0 Å². The largest absolute Gasteiger partial charge is 2.00 e. The predicted octanol–water partition coefficient (Wildman–Crippen LogP) is 9.97. The molecule has 0 aliphatic rings. The van der Waals surface area contributed by atoms with Crippen molar-refractivity contribution >= 4 is 72.5 Å². The molecule has 7 heteroatoms. The van der Waals surface area contributed by atoms with Gasteiger partial charge in [-0.25, -0.2) is 44.3 Å². The van der Waals surface area contributed by atoms with Gasteiger partial charge < -0.3 is 29.6 Å². The zero-order valence-corrected chi connectivity index (χ0v) is 34.9. The quantitative estimate of drug-likeness (QED) is 0.0886. The van der Waals surface area contributed by atoms with E-state index < -0.39 is 15.8 Å². The Balaban J connectivity index is 0.000000715. The summed E-state index contributed by atoms with van der Waals surface area (Å²) in [5, 5.41) is 8.47. The maximum absolute atomic E-state index is 2.23. The molecule has 272 valence electrons. The van der Waals surface area contributed by atoms with Crippen molar-refractivity contribution in [1.82, 2.24) is 0 Å². The van der Waals surface area contributed by atoms with Crippen LogP contribution in [0.5, 0.6) is 0 Å². The monoisotopic (exact) mass is 918 g/mol. The summed E-state index contributed by atoms with van der Waals surface area (Å²) in [5.74, 6) is 0. The maximum Gasteiger partial charge on any atom is 2.00 e. The normalized spacial score (nSPS) is 9.14. The molecule has 0 heterocycles. The van der Waals surface area contributed by atoms with Crippen molar-refractivity contribution in [3.63, 3.8) is 0 Å². The molecular formula is C44H40Cl2Fe2P2Pd-6. The standard InChI is InChI=1S/2C17H14P.2C5H5.2ClH.2Fe.Pd/c2*1-3-9-15(10-4-1)18(17-13-7-8-14-17)16-11-5-2-6-12-16;2*1-2-4-5-3-1;;;;;/h2*1-14H;2*1-5H;2*1H;;;/q-5;3*-1;;;;;+2. The Hall–Kier alpha value is -2.58. The molecule has 8 aromatic carbocycles. The maximum atomic E-state index is 2.23. The molecule has 8 rings (SSSR count). The Morgan fingerprint density at radius 1 is 0.373 bits per heavy atom. The topological polar surface area (TPSA) is 0 Å². The molecule has 0 atom stereocenters. The van der Waals surface area contributed by atoms with Crippen LogP contribution in [-0.2, 0) is 54.6 Å². The molecular weight excluding hydrogens is 879 g/mol. The average molecular weight is 920 g/mol. The van der Waals surface area contributed by atoms with Gasteiger partial charge in [0.1, 0.15) is 0 Å². The van der Waals surface area contributed by atoms with Crippen molar-refractivity contribution in [2.45, 2.75) is 0 Å². The first kappa shape index (κ1) is 48.4. The summed E-state index contributed by atoms with van der Waals surface area (Å²) in [6.45, 7) is 0. The number of halogens is 2. The fourth-order valence-corrected chi connectivity index (χ4v) is 9.48. The molecule has 0 unspecified atom stereocenters. The van der Waals surface area contributed by atoms with Crippen LogP contribution in [0, 0.1) is 0 Å². The molecule has 8 aromatic rings. The van der Waals surface area contributed by atoms with Gasteiger partial charge in [0.05, 0.1) is 0 Å². The fraction of sp³-hybridized carbons (Fsp3) is 0. The zero-order valence-electron chi connectivity index (χ0n) is 27.7. The van der Waals surface area contributed by atoms with Gasteiger partial charge in [-0.15, -0.1) is 30.1 Å². The molecule has 0 fully saturated rings. The van der Waals surface area contributed by atoms with Crippen LogP contribution in [0.15, 0.2) is 231 Å². The number of hydrogen-bond acceptors (Lipinski definition) is 0. The van der Waals surface area contributed by atoms with Crippen LogP contribution >= 0.6 is 40.7 Å². The molecule has 0 amide bonds. The number of benzene rings is 4. The Morgan fingerprint density at radius 3 is 0.941 bits per heavy atom. The Labute approximate surface area is 354 Å². The predicted molar refractivity (Wildman–Crippen MR) is 220 cm³/mol. The molecule has 0 bridgehead atoms. The molecule has 0 radical (unpaired) electrons. The second-order valence-corrected chi connectivity index (χ2v) is 14.7. The molecule has 51 heavy (non-hydrogen) atoms. The zero-order chi connectivity index (χ0) is 31.5. The summed E-state index contributed by atoms with van der Waals surface area (Å²) >= 11 is 0. The van der Waals surface area contributed by atoms with E-state index in [0.29, 0.717) is 0 Å². The van der Waals surface area contributed by atoms with Crippen molar-refractivity contribution in [2.24, 2.45) is 0 Å². The van der Waals surface area contributed by atoms with Gasteiger partial charge in [0.25, 0.3) is 0 Å². The van der Waals surface area contributed by atoms with Crippen LogP contribution in [-0.4, -0.2) is 0 Å². The molecule has 0 aromatic heterocycles. The SMILES string of the molecule is Cl.Cl.[Fe].[Fe].[Pd+2].c1cc[cH-]c1.c1cc[cH-]c1.c1ccc(P(c2ccccc2)[c-]2[cH-][cH-][cH-][cH-]2)cc1.c1ccc(P(c2ccccc2)[c-]2cccc2)cc1. The van der Waals surface area contributed by atoms with Crippen LogP contribution in [0.4, 0.5) is 0 Å². The van der Waals surface area contributed by atoms with E-state index in [0.717, 1.165) is 0 Å². The van der Waals surface area contributed by atoms with Gasteiger partial charge in [-0.3, -0.25) is 0 Å². The molecule has 0 saturated heterocycles. The van der Waals surface area contributed by atoms with E-state index in [-0.39, 0.29) is 79.4 Å². The van der Waals surface area contributed by atoms with Crippen molar-refractivity contribution in [1.29, 1.82) is 0 Å². The Kier molecular flexibility index (Phi) is 27.5. The van der Waals surface area contributed by atoms with Gasteiger partial charge in [0.15, 0.2) is 0 Å². The van der Waals surface area contributed by atoms with Gasteiger partial charge in [0, 0.05) is 34.1 Å².